The lowest BCUT2D eigenvalue weighted by Crippen LogP contribution is -2.45. The lowest BCUT2D eigenvalue weighted by atomic mass is 9.92. The molecule has 1 aliphatic rings. The van der Waals surface area contributed by atoms with Gasteiger partial charge in [0.1, 0.15) is 6.04 Å². The SMILES string of the molecule is COC(C[C@H]1NC(C(=O)O)Cc2c1[nH]c1ccccc21)OC. The van der Waals surface area contributed by atoms with Crippen molar-refractivity contribution in [3.63, 3.8) is 0 Å². The fourth-order valence-electron chi connectivity index (χ4n) is 3.15. The Labute approximate surface area is 128 Å². The second-order valence-electron chi connectivity index (χ2n) is 5.51. The van der Waals surface area contributed by atoms with Crippen LogP contribution in [-0.4, -0.2) is 42.6 Å². The summed E-state index contributed by atoms with van der Waals surface area (Å²) in [6.07, 6.45) is 0.621. The molecule has 2 atom stereocenters. The van der Waals surface area contributed by atoms with Crippen LogP contribution in [0.25, 0.3) is 10.9 Å². The van der Waals surface area contributed by atoms with Gasteiger partial charge in [-0.15, -0.1) is 0 Å². The number of H-pyrrole nitrogens is 1. The van der Waals surface area contributed by atoms with Gasteiger partial charge in [0.25, 0.3) is 0 Å². The molecule has 118 valence electrons. The zero-order valence-electron chi connectivity index (χ0n) is 12.6. The lowest BCUT2D eigenvalue weighted by Gasteiger charge is -2.30. The maximum atomic E-state index is 11.5. The molecule has 3 N–H and O–H groups in total. The highest BCUT2D eigenvalue weighted by Crippen LogP contribution is 2.34. The van der Waals surface area contributed by atoms with Crippen molar-refractivity contribution in [3.05, 3.63) is 35.5 Å². The molecule has 22 heavy (non-hydrogen) atoms. The van der Waals surface area contributed by atoms with Gasteiger partial charge in [0.2, 0.25) is 0 Å². The fourth-order valence-corrected chi connectivity index (χ4v) is 3.15. The molecular weight excluding hydrogens is 284 g/mol. The highest BCUT2D eigenvalue weighted by molar-refractivity contribution is 5.86. The molecule has 0 radical (unpaired) electrons. The Kier molecular flexibility index (Phi) is 4.15. The van der Waals surface area contributed by atoms with Gasteiger partial charge >= 0.3 is 5.97 Å². The van der Waals surface area contributed by atoms with E-state index in [9.17, 15) is 9.90 Å². The third-order valence-electron chi connectivity index (χ3n) is 4.26. The monoisotopic (exact) mass is 304 g/mol. The first-order valence-electron chi connectivity index (χ1n) is 7.28. The van der Waals surface area contributed by atoms with Crippen LogP contribution in [0.2, 0.25) is 0 Å². The van der Waals surface area contributed by atoms with Gasteiger partial charge in [-0.05, 0) is 11.6 Å². The molecule has 3 rings (SSSR count). The number of hydrogen-bond donors (Lipinski definition) is 3. The highest BCUT2D eigenvalue weighted by Gasteiger charge is 2.34. The summed E-state index contributed by atoms with van der Waals surface area (Å²) in [5.41, 5.74) is 3.12. The Hall–Kier alpha value is -1.89. The number of carbonyl (C=O) groups is 1. The second kappa shape index (κ2) is 6.08. The molecule has 2 aromatic rings. The number of aromatic nitrogens is 1. The number of benzene rings is 1. The van der Waals surface area contributed by atoms with Gasteiger partial charge in [-0.2, -0.15) is 0 Å². The lowest BCUT2D eigenvalue weighted by molar-refractivity contribution is -0.140. The van der Waals surface area contributed by atoms with Crippen LogP contribution in [0.15, 0.2) is 24.3 Å². The molecule has 0 spiro atoms. The zero-order valence-corrected chi connectivity index (χ0v) is 12.6. The van der Waals surface area contributed by atoms with Gasteiger partial charge in [0, 0.05) is 43.7 Å². The van der Waals surface area contributed by atoms with Crippen molar-refractivity contribution in [2.45, 2.75) is 31.2 Å². The fraction of sp³-hybridized carbons (Fsp3) is 0.438. The van der Waals surface area contributed by atoms with Crippen LogP contribution in [0, 0.1) is 0 Å². The van der Waals surface area contributed by atoms with Gasteiger partial charge in [-0.1, -0.05) is 18.2 Å². The normalized spacial score (nSPS) is 21.2. The molecule has 2 heterocycles. The summed E-state index contributed by atoms with van der Waals surface area (Å²) in [4.78, 5) is 14.9. The standard InChI is InChI=1S/C16H20N2O4/c1-21-14(22-2)8-12-15-10(7-13(17-12)16(19)20)9-5-3-4-6-11(9)18-15/h3-6,12-14,17-18H,7-8H2,1-2H3,(H,19,20)/t12-,13?/m1/s1. The minimum Gasteiger partial charge on any atom is -0.480 e. The van der Waals surface area contributed by atoms with Crippen molar-refractivity contribution in [1.82, 2.24) is 10.3 Å². The Bertz CT molecular complexity index is 678. The van der Waals surface area contributed by atoms with E-state index in [4.69, 9.17) is 9.47 Å². The Balaban J connectivity index is 2.02. The Morgan fingerprint density at radius 3 is 2.77 bits per heavy atom. The van der Waals surface area contributed by atoms with Crippen molar-refractivity contribution in [2.24, 2.45) is 0 Å². The Morgan fingerprint density at radius 2 is 2.09 bits per heavy atom. The summed E-state index contributed by atoms with van der Waals surface area (Å²) >= 11 is 0. The number of nitrogens with one attached hydrogen (secondary N) is 2. The highest BCUT2D eigenvalue weighted by atomic mass is 16.7. The minimum absolute atomic E-state index is 0.151. The molecule has 6 heteroatoms. The predicted molar refractivity (Wildman–Crippen MR) is 81.7 cm³/mol. The van der Waals surface area contributed by atoms with E-state index in [0.717, 1.165) is 22.2 Å². The van der Waals surface area contributed by atoms with Crippen molar-refractivity contribution < 1.29 is 19.4 Å². The van der Waals surface area contributed by atoms with Crippen LogP contribution in [-0.2, 0) is 20.7 Å². The van der Waals surface area contributed by atoms with E-state index >= 15 is 0 Å². The van der Waals surface area contributed by atoms with Gasteiger partial charge in [0.05, 0.1) is 6.04 Å². The molecule has 0 saturated carbocycles. The average Bonchev–Trinajstić information content (AvgIpc) is 2.91. The first-order valence-corrected chi connectivity index (χ1v) is 7.28. The van der Waals surface area contributed by atoms with Gasteiger partial charge in [0.15, 0.2) is 6.29 Å². The predicted octanol–water partition coefficient (Wildman–Crippen LogP) is 1.82. The third-order valence-corrected chi connectivity index (χ3v) is 4.26. The van der Waals surface area contributed by atoms with E-state index in [1.54, 1.807) is 14.2 Å². The van der Waals surface area contributed by atoms with Crippen LogP contribution in [0.5, 0.6) is 0 Å². The molecule has 0 bridgehead atoms. The van der Waals surface area contributed by atoms with Crippen LogP contribution in [0.1, 0.15) is 23.7 Å². The summed E-state index contributed by atoms with van der Waals surface area (Å²) in [6.45, 7) is 0. The molecular formula is C16H20N2O4. The summed E-state index contributed by atoms with van der Waals surface area (Å²) in [6, 6.07) is 7.21. The number of carboxylic acid groups (broad SMARTS) is 1. The largest absolute Gasteiger partial charge is 0.480 e. The third kappa shape index (κ3) is 2.61. The molecule has 0 saturated heterocycles. The zero-order chi connectivity index (χ0) is 15.7. The number of para-hydroxylation sites is 1. The van der Waals surface area contributed by atoms with E-state index in [1.807, 2.05) is 24.3 Å². The van der Waals surface area contributed by atoms with Crippen LogP contribution < -0.4 is 5.32 Å². The van der Waals surface area contributed by atoms with Crippen molar-refractivity contribution in [2.75, 3.05) is 14.2 Å². The number of aliphatic carboxylic acids is 1. The second-order valence-corrected chi connectivity index (χ2v) is 5.51. The first kappa shape index (κ1) is 15.0. The summed E-state index contributed by atoms with van der Waals surface area (Å²) < 4.78 is 10.5. The van der Waals surface area contributed by atoms with Crippen LogP contribution in [0.4, 0.5) is 0 Å². The summed E-state index contributed by atoms with van der Waals surface area (Å²) in [7, 11) is 3.16. The van der Waals surface area contributed by atoms with E-state index in [2.05, 4.69) is 10.3 Å². The van der Waals surface area contributed by atoms with Gasteiger partial charge < -0.3 is 19.6 Å². The number of hydrogen-bond acceptors (Lipinski definition) is 4. The quantitative estimate of drug-likeness (QED) is 0.734. The number of ether oxygens (including phenoxy) is 2. The first-order chi connectivity index (χ1) is 10.6. The molecule has 1 aromatic heterocycles. The summed E-state index contributed by atoms with van der Waals surface area (Å²) in [5.74, 6) is -0.840. The molecule has 1 unspecified atom stereocenters. The van der Waals surface area contributed by atoms with Crippen molar-refractivity contribution >= 4 is 16.9 Å². The smallest absolute Gasteiger partial charge is 0.321 e. The maximum Gasteiger partial charge on any atom is 0.321 e. The molecule has 0 aliphatic carbocycles. The van der Waals surface area contributed by atoms with Crippen molar-refractivity contribution in [1.29, 1.82) is 0 Å². The molecule has 1 aliphatic heterocycles. The summed E-state index contributed by atoms with van der Waals surface area (Å²) in [5, 5.41) is 13.7. The molecule has 1 aromatic carbocycles. The van der Waals surface area contributed by atoms with Gasteiger partial charge in [-0.25, -0.2) is 0 Å². The molecule has 0 fully saturated rings. The Morgan fingerprint density at radius 1 is 1.36 bits per heavy atom. The van der Waals surface area contributed by atoms with E-state index in [1.165, 1.54) is 0 Å². The van der Waals surface area contributed by atoms with E-state index in [0.29, 0.717) is 12.8 Å². The minimum atomic E-state index is -0.840. The maximum absolute atomic E-state index is 11.5. The van der Waals surface area contributed by atoms with Crippen LogP contribution >= 0.6 is 0 Å². The van der Waals surface area contributed by atoms with E-state index in [-0.39, 0.29) is 12.3 Å². The van der Waals surface area contributed by atoms with E-state index < -0.39 is 12.0 Å². The number of fused-ring (bicyclic) bond motifs is 3. The topological polar surface area (TPSA) is 83.6 Å². The van der Waals surface area contributed by atoms with Crippen molar-refractivity contribution in [3.8, 4) is 0 Å². The number of methoxy groups -OCH3 is 2. The molecule has 6 nitrogen and oxygen atoms in total. The molecule has 0 amide bonds. The number of rotatable bonds is 5. The average molecular weight is 304 g/mol. The number of aromatic amines is 1. The number of carboxylic acids is 1. The van der Waals surface area contributed by atoms with Gasteiger partial charge in [-0.3, -0.25) is 10.1 Å². The van der Waals surface area contributed by atoms with Crippen LogP contribution in [0.3, 0.4) is 0 Å².